The van der Waals surface area contributed by atoms with E-state index in [9.17, 15) is 4.79 Å². The summed E-state index contributed by atoms with van der Waals surface area (Å²) in [6.45, 7) is 3.97. The first kappa shape index (κ1) is 25.4. The van der Waals surface area contributed by atoms with Gasteiger partial charge in [-0.3, -0.25) is 4.79 Å². The van der Waals surface area contributed by atoms with Crippen LogP contribution in [0.5, 0.6) is 5.75 Å². The third-order valence-corrected chi connectivity index (χ3v) is 10.3. The molecule has 9 rings (SSSR count). The molecule has 0 unspecified atom stereocenters. The van der Waals surface area contributed by atoms with Crippen LogP contribution < -0.4 is 15.8 Å². The maximum Gasteiger partial charge on any atom is 0.254 e. The highest BCUT2D eigenvalue weighted by Crippen LogP contribution is 2.40. The van der Waals surface area contributed by atoms with Gasteiger partial charge in [0, 0.05) is 43.2 Å². The maximum absolute atomic E-state index is 13.8. The van der Waals surface area contributed by atoms with Gasteiger partial charge in [-0.15, -0.1) is 0 Å². The van der Waals surface area contributed by atoms with Crippen molar-refractivity contribution in [2.75, 3.05) is 26.7 Å². The third-order valence-electron chi connectivity index (χ3n) is 10.3. The quantitative estimate of drug-likeness (QED) is 0.356. The lowest BCUT2D eigenvalue weighted by molar-refractivity contribution is 0.0261. The number of hydrogen-bond acceptors (Lipinski definition) is 5. The minimum Gasteiger partial charge on any atom is -0.494 e. The van der Waals surface area contributed by atoms with Gasteiger partial charge in [-0.25, -0.2) is 4.98 Å². The van der Waals surface area contributed by atoms with Gasteiger partial charge < -0.3 is 29.8 Å². The molecule has 2 aromatic carbocycles. The van der Waals surface area contributed by atoms with Crippen LogP contribution in [-0.2, 0) is 20.0 Å². The van der Waals surface area contributed by atoms with Crippen molar-refractivity contribution in [2.45, 2.75) is 57.2 Å². The largest absolute Gasteiger partial charge is 0.494 e. The van der Waals surface area contributed by atoms with E-state index in [0.717, 1.165) is 80.3 Å². The summed E-state index contributed by atoms with van der Waals surface area (Å²) in [5, 5.41) is 4.71. The third kappa shape index (κ3) is 4.17. The van der Waals surface area contributed by atoms with Crippen LogP contribution in [0, 0.1) is 17.8 Å². The summed E-state index contributed by atoms with van der Waals surface area (Å²) in [7, 11) is 3.75. The number of rotatable bonds is 7. The number of nitrogens with one attached hydrogen (secondary N) is 1. The molecule has 5 aliphatic rings. The van der Waals surface area contributed by atoms with Gasteiger partial charge in [-0.2, -0.15) is 0 Å². The highest BCUT2D eigenvalue weighted by molar-refractivity contribution is 6.00. The van der Waals surface area contributed by atoms with E-state index in [0.29, 0.717) is 23.1 Å². The van der Waals surface area contributed by atoms with E-state index < -0.39 is 0 Å². The monoisotopic (exact) mass is 552 g/mol. The molecule has 2 saturated carbocycles. The molecule has 5 heterocycles. The summed E-state index contributed by atoms with van der Waals surface area (Å²) in [4.78, 5) is 21.1. The van der Waals surface area contributed by atoms with Crippen LogP contribution in [0.4, 0.5) is 0 Å². The Balaban J connectivity index is 1.23. The summed E-state index contributed by atoms with van der Waals surface area (Å²) in [6.07, 6.45) is 6.74. The summed E-state index contributed by atoms with van der Waals surface area (Å²) >= 11 is 0. The molecule has 41 heavy (non-hydrogen) atoms. The Bertz CT molecular complexity index is 1660. The normalized spacial score (nSPS) is 24.4. The van der Waals surface area contributed by atoms with Crippen LogP contribution in [0.15, 0.2) is 36.4 Å². The van der Waals surface area contributed by atoms with Crippen LogP contribution in [0.3, 0.4) is 0 Å². The molecule has 8 nitrogen and oxygen atoms in total. The Morgan fingerprint density at radius 1 is 1.10 bits per heavy atom. The zero-order valence-corrected chi connectivity index (χ0v) is 24.1. The molecule has 3 saturated heterocycles. The number of para-hydroxylation sites is 1. The van der Waals surface area contributed by atoms with Crippen molar-refractivity contribution in [1.82, 2.24) is 24.3 Å². The molecule has 4 aromatic rings. The molecule has 0 spiro atoms. The van der Waals surface area contributed by atoms with E-state index in [1.165, 1.54) is 29.3 Å². The SMILES string of the molecule is COc1cc(C(=O)N2C[C@H]3CC[C@@H]2C[C@@H]3N)cc2nc(-c3cc4cccc(CC5CNC5)c4n3CC3CC3)n(C)c12. The Hall–Kier alpha value is -3.36. The van der Waals surface area contributed by atoms with Gasteiger partial charge in [0.2, 0.25) is 0 Å². The van der Waals surface area contributed by atoms with Gasteiger partial charge in [-0.1, -0.05) is 18.2 Å². The lowest BCUT2D eigenvalue weighted by atomic mass is 9.76. The van der Waals surface area contributed by atoms with E-state index in [1.807, 2.05) is 12.1 Å². The van der Waals surface area contributed by atoms with Crippen LogP contribution in [0.1, 0.15) is 48.0 Å². The second-order valence-corrected chi connectivity index (χ2v) is 13.1. The fourth-order valence-electron chi connectivity index (χ4n) is 7.69. The average molecular weight is 553 g/mol. The zero-order chi connectivity index (χ0) is 27.8. The number of ether oxygens (including phenoxy) is 1. The summed E-state index contributed by atoms with van der Waals surface area (Å²) in [5.74, 6) is 3.50. The minimum atomic E-state index is 0.0666. The molecule has 0 radical (unpaired) electrons. The Kier molecular flexibility index (Phi) is 5.94. The first-order valence-electron chi connectivity index (χ1n) is 15.4. The Labute approximate surface area is 240 Å². The van der Waals surface area contributed by atoms with Gasteiger partial charge in [0.05, 0.1) is 23.8 Å². The topological polar surface area (TPSA) is 90.3 Å². The number of piperidine rings is 2. The lowest BCUT2D eigenvalue weighted by Gasteiger charge is -2.48. The summed E-state index contributed by atoms with van der Waals surface area (Å²) in [6, 6.07) is 13.4. The van der Waals surface area contributed by atoms with Crippen LogP contribution in [-0.4, -0.2) is 63.8 Å². The van der Waals surface area contributed by atoms with Crippen molar-refractivity contribution in [3.05, 3.63) is 47.5 Å². The highest BCUT2D eigenvalue weighted by Gasteiger charge is 2.41. The fraction of sp³-hybridized carbons (Fsp3) is 0.515. The molecule has 2 aromatic heterocycles. The molecular weight excluding hydrogens is 512 g/mol. The van der Waals surface area contributed by atoms with Crippen molar-refractivity contribution in [3.8, 4) is 17.3 Å². The molecule has 214 valence electrons. The Morgan fingerprint density at radius 3 is 2.63 bits per heavy atom. The van der Waals surface area contributed by atoms with E-state index in [-0.39, 0.29) is 18.0 Å². The second-order valence-electron chi connectivity index (χ2n) is 13.1. The first-order valence-corrected chi connectivity index (χ1v) is 15.4. The number of hydrogen-bond donors (Lipinski definition) is 2. The van der Waals surface area contributed by atoms with Crippen molar-refractivity contribution in [3.63, 3.8) is 0 Å². The number of amides is 1. The molecule has 2 aliphatic carbocycles. The van der Waals surface area contributed by atoms with Gasteiger partial charge in [0.1, 0.15) is 11.3 Å². The highest BCUT2D eigenvalue weighted by atomic mass is 16.5. The van der Waals surface area contributed by atoms with Gasteiger partial charge in [0.15, 0.2) is 5.82 Å². The predicted molar refractivity (Wildman–Crippen MR) is 161 cm³/mol. The Morgan fingerprint density at radius 2 is 1.95 bits per heavy atom. The number of imidazole rings is 1. The van der Waals surface area contributed by atoms with E-state index in [2.05, 4.69) is 50.7 Å². The van der Waals surface area contributed by atoms with Gasteiger partial charge >= 0.3 is 0 Å². The molecule has 3 atom stereocenters. The number of carbonyl (C=O) groups excluding carboxylic acids is 1. The van der Waals surface area contributed by atoms with E-state index in [4.69, 9.17) is 15.5 Å². The molecule has 1 amide bonds. The van der Waals surface area contributed by atoms with Crippen molar-refractivity contribution >= 4 is 27.8 Å². The maximum atomic E-state index is 13.8. The molecule has 2 bridgehead atoms. The van der Waals surface area contributed by atoms with Crippen LogP contribution >= 0.6 is 0 Å². The number of nitrogens with zero attached hydrogens (tertiary/aromatic N) is 4. The number of nitrogens with two attached hydrogens (primary N) is 1. The fourth-order valence-corrected chi connectivity index (χ4v) is 7.69. The predicted octanol–water partition coefficient (Wildman–Crippen LogP) is 4.33. The van der Waals surface area contributed by atoms with Gasteiger partial charge in [-0.05, 0) is 93.1 Å². The summed E-state index contributed by atoms with van der Waals surface area (Å²) < 4.78 is 10.6. The average Bonchev–Trinajstić information content (AvgIpc) is 3.62. The molecule has 5 fully saturated rings. The van der Waals surface area contributed by atoms with Crippen molar-refractivity contribution in [2.24, 2.45) is 30.5 Å². The zero-order valence-electron chi connectivity index (χ0n) is 24.1. The second kappa shape index (κ2) is 9.60. The van der Waals surface area contributed by atoms with Crippen molar-refractivity contribution < 1.29 is 9.53 Å². The number of carbonyl (C=O) groups is 1. The van der Waals surface area contributed by atoms with E-state index in [1.54, 1.807) is 7.11 Å². The van der Waals surface area contributed by atoms with Crippen molar-refractivity contribution in [1.29, 1.82) is 0 Å². The minimum absolute atomic E-state index is 0.0666. The lowest BCUT2D eigenvalue weighted by Crippen LogP contribution is -2.58. The first-order chi connectivity index (χ1) is 20.0. The smallest absolute Gasteiger partial charge is 0.254 e. The standard InChI is InChI=1S/C33H40N6O2/c1-37-31-27(11-24(13-29(31)41-2)33(40)38-18-23-8-9-25(38)14-26(23)34)36-32(37)28-12-22-5-3-4-21(10-20-15-35-16-20)30(22)39(28)17-19-6-7-19/h3-5,11-13,19-20,23,25-26,35H,6-10,14-18,34H2,1-2H3/t23-,25-,26+/m1/s1. The molecule has 3 N–H and O–H groups in total. The van der Waals surface area contributed by atoms with E-state index >= 15 is 0 Å². The number of methoxy groups -OCH3 is 1. The van der Waals surface area contributed by atoms with Crippen LogP contribution in [0.25, 0.3) is 33.5 Å². The number of fused-ring (bicyclic) bond motifs is 5. The number of aromatic nitrogens is 3. The number of aryl methyl sites for hydroxylation is 1. The molecular formula is C33H40N6O2. The van der Waals surface area contributed by atoms with Crippen LogP contribution in [0.2, 0.25) is 0 Å². The molecule has 3 aliphatic heterocycles. The molecule has 8 heteroatoms. The number of benzene rings is 2. The summed E-state index contributed by atoms with van der Waals surface area (Å²) in [5.41, 5.74) is 12.7. The van der Waals surface area contributed by atoms with Gasteiger partial charge in [0.25, 0.3) is 5.91 Å².